The monoisotopic (exact) mass is 237 g/mol. The third kappa shape index (κ3) is 3.05. The predicted molar refractivity (Wildman–Crippen MR) is 69.2 cm³/mol. The number of nitrogens with zero attached hydrogens (tertiary/aromatic N) is 1. The maximum atomic E-state index is 14.0. The quantitative estimate of drug-likeness (QED) is 0.728. The molecule has 0 aliphatic heterocycles. The third-order valence-corrected chi connectivity index (χ3v) is 3.13. The van der Waals surface area contributed by atoms with Crippen molar-refractivity contribution < 1.29 is 9.18 Å². The van der Waals surface area contributed by atoms with Gasteiger partial charge in [-0.25, -0.2) is 4.39 Å². The molecule has 1 atom stereocenters. The molecule has 17 heavy (non-hydrogen) atoms. The van der Waals surface area contributed by atoms with E-state index >= 15 is 0 Å². The number of hydrogen-bond acceptors (Lipinski definition) is 2. The van der Waals surface area contributed by atoms with Crippen LogP contribution in [0.3, 0.4) is 0 Å². The van der Waals surface area contributed by atoms with Crippen LogP contribution in [0.1, 0.15) is 44.5 Å². The maximum absolute atomic E-state index is 14.0. The number of anilines is 1. The molecule has 1 unspecified atom stereocenters. The Morgan fingerprint density at radius 2 is 2.06 bits per heavy atom. The van der Waals surface area contributed by atoms with Crippen LogP contribution in [-0.2, 0) is 0 Å². The van der Waals surface area contributed by atoms with Crippen LogP contribution in [0.2, 0.25) is 0 Å². The minimum absolute atomic E-state index is 0.109. The Kier molecular flexibility index (Phi) is 4.67. The molecule has 0 bridgehead atoms. The van der Waals surface area contributed by atoms with Crippen LogP contribution < -0.4 is 4.90 Å². The second-order valence-corrected chi connectivity index (χ2v) is 4.27. The van der Waals surface area contributed by atoms with Crippen LogP contribution in [0.15, 0.2) is 18.2 Å². The van der Waals surface area contributed by atoms with E-state index in [-0.39, 0.29) is 17.6 Å². The van der Waals surface area contributed by atoms with Crippen molar-refractivity contribution in [2.45, 2.75) is 40.2 Å². The second kappa shape index (κ2) is 5.80. The number of ketones is 1. The predicted octanol–water partition coefficient (Wildman–Crippen LogP) is 3.65. The van der Waals surface area contributed by atoms with Crippen molar-refractivity contribution >= 4 is 11.5 Å². The fraction of sp³-hybridized carbons (Fsp3) is 0.500. The average molecular weight is 237 g/mol. The highest BCUT2D eigenvalue weighted by molar-refractivity contribution is 5.94. The van der Waals surface area contributed by atoms with Crippen LogP contribution in [0.5, 0.6) is 0 Å². The van der Waals surface area contributed by atoms with Crippen molar-refractivity contribution in [3.63, 3.8) is 0 Å². The van der Waals surface area contributed by atoms with Gasteiger partial charge in [0, 0.05) is 18.2 Å². The molecule has 0 amide bonds. The molecule has 0 radical (unpaired) electrons. The third-order valence-electron chi connectivity index (χ3n) is 3.13. The summed E-state index contributed by atoms with van der Waals surface area (Å²) >= 11 is 0. The standard InChI is InChI=1S/C14H20FNO/c1-5-10(3)16(6-2)14-8-7-12(11(4)17)9-13(14)15/h7-10H,5-6H2,1-4H3. The largest absolute Gasteiger partial charge is 0.367 e. The van der Waals surface area contributed by atoms with Gasteiger partial charge in [-0.05, 0) is 45.4 Å². The number of carbonyl (C=O) groups is 1. The van der Waals surface area contributed by atoms with Crippen molar-refractivity contribution in [1.82, 2.24) is 0 Å². The molecular weight excluding hydrogens is 217 g/mol. The van der Waals surface area contributed by atoms with E-state index in [0.717, 1.165) is 13.0 Å². The van der Waals surface area contributed by atoms with Gasteiger partial charge in [0.1, 0.15) is 5.82 Å². The second-order valence-electron chi connectivity index (χ2n) is 4.27. The zero-order valence-corrected chi connectivity index (χ0v) is 11.0. The first-order valence-corrected chi connectivity index (χ1v) is 6.08. The fourth-order valence-electron chi connectivity index (χ4n) is 1.90. The number of benzene rings is 1. The van der Waals surface area contributed by atoms with Gasteiger partial charge >= 0.3 is 0 Å². The van der Waals surface area contributed by atoms with Gasteiger partial charge in [-0.2, -0.15) is 0 Å². The SMILES string of the molecule is CCC(C)N(CC)c1ccc(C(C)=O)cc1F. The van der Waals surface area contributed by atoms with E-state index in [0.29, 0.717) is 11.3 Å². The smallest absolute Gasteiger partial charge is 0.159 e. The lowest BCUT2D eigenvalue weighted by Crippen LogP contribution is -2.33. The number of Topliss-reactive ketones (excluding diaryl/α,β-unsaturated/α-hetero) is 1. The molecule has 0 saturated heterocycles. The zero-order chi connectivity index (χ0) is 13.0. The van der Waals surface area contributed by atoms with E-state index in [4.69, 9.17) is 0 Å². The van der Waals surface area contributed by atoms with Gasteiger partial charge in [-0.1, -0.05) is 6.92 Å². The molecule has 1 rings (SSSR count). The Labute approximate surface area is 102 Å². The summed E-state index contributed by atoms with van der Waals surface area (Å²) in [5.41, 5.74) is 0.998. The van der Waals surface area contributed by atoms with Crippen LogP contribution in [0, 0.1) is 5.82 Å². The van der Waals surface area contributed by atoms with Crippen LogP contribution >= 0.6 is 0 Å². The van der Waals surface area contributed by atoms with Crippen molar-refractivity contribution in [1.29, 1.82) is 0 Å². The van der Waals surface area contributed by atoms with Crippen LogP contribution in [0.4, 0.5) is 10.1 Å². The molecule has 0 N–H and O–H groups in total. The number of hydrogen-bond donors (Lipinski definition) is 0. The molecule has 3 heteroatoms. The van der Waals surface area contributed by atoms with Crippen molar-refractivity contribution in [3.8, 4) is 0 Å². The number of carbonyl (C=O) groups excluding carboxylic acids is 1. The first-order chi connectivity index (χ1) is 8.01. The lowest BCUT2D eigenvalue weighted by molar-refractivity contribution is 0.101. The molecular formula is C14H20FNO. The molecule has 0 heterocycles. The molecule has 0 aromatic heterocycles. The van der Waals surface area contributed by atoms with Crippen LogP contribution in [-0.4, -0.2) is 18.4 Å². The van der Waals surface area contributed by atoms with Gasteiger partial charge in [0.2, 0.25) is 0 Å². The molecule has 0 spiro atoms. The maximum Gasteiger partial charge on any atom is 0.159 e. The molecule has 94 valence electrons. The number of rotatable bonds is 5. The van der Waals surface area contributed by atoms with E-state index in [1.807, 2.05) is 11.8 Å². The summed E-state index contributed by atoms with van der Waals surface area (Å²) in [6.45, 7) is 8.35. The van der Waals surface area contributed by atoms with Gasteiger partial charge < -0.3 is 4.90 Å². The molecule has 0 aliphatic rings. The summed E-state index contributed by atoms with van der Waals surface area (Å²) in [7, 11) is 0. The topological polar surface area (TPSA) is 20.3 Å². The Hall–Kier alpha value is -1.38. The van der Waals surface area contributed by atoms with Gasteiger partial charge in [0.15, 0.2) is 5.78 Å². The van der Waals surface area contributed by atoms with Crippen molar-refractivity contribution in [2.24, 2.45) is 0 Å². The van der Waals surface area contributed by atoms with E-state index in [1.54, 1.807) is 12.1 Å². The van der Waals surface area contributed by atoms with E-state index in [2.05, 4.69) is 13.8 Å². The minimum atomic E-state index is -0.320. The first kappa shape index (κ1) is 13.7. The molecule has 0 saturated carbocycles. The molecule has 1 aromatic rings. The Bertz CT molecular complexity index is 403. The Morgan fingerprint density at radius 1 is 1.41 bits per heavy atom. The molecule has 0 aliphatic carbocycles. The molecule has 0 fully saturated rings. The summed E-state index contributed by atoms with van der Waals surface area (Å²) in [5, 5.41) is 0. The lowest BCUT2D eigenvalue weighted by Gasteiger charge is -2.29. The molecule has 2 nitrogen and oxygen atoms in total. The summed E-state index contributed by atoms with van der Waals surface area (Å²) in [6, 6.07) is 4.99. The Balaban J connectivity index is 3.09. The number of halogens is 1. The summed E-state index contributed by atoms with van der Waals surface area (Å²) in [5.74, 6) is -0.429. The van der Waals surface area contributed by atoms with E-state index in [1.165, 1.54) is 13.0 Å². The van der Waals surface area contributed by atoms with E-state index in [9.17, 15) is 9.18 Å². The summed E-state index contributed by atoms with van der Waals surface area (Å²) < 4.78 is 14.0. The summed E-state index contributed by atoms with van der Waals surface area (Å²) in [4.78, 5) is 13.2. The highest BCUT2D eigenvalue weighted by Crippen LogP contribution is 2.23. The lowest BCUT2D eigenvalue weighted by atomic mass is 10.1. The fourth-order valence-corrected chi connectivity index (χ4v) is 1.90. The van der Waals surface area contributed by atoms with Crippen LogP contribution in [0.25, 0.3) is 0 Å². The highest BCUT2D eigenvalue weighted by Gasteiger charge is 2.15. The minimum Gasteiger partial charge on any atom is -0.367 e. The average Bonchev–Trinajstić information content (AvgIpc) is 2.31. The van der Waals surface area contributed by atoms with E-state index < -0.39 is 0 Å². The van der Waals surface area contributed by atoms with Gasteiger partial charge in [0.25, 0.3) is 0 Å². The van der Waals surface area contributed by atoms with Gasteiger partial charge in [-0.15, -0.1) is 0 Å². The highest BCUT2D eigenvalue weighted by atomic mass is 19.1. The molecule has 1 aromatic carbocycles. The Morgan fingerprint density at radius 3 is 2.47 bits per heavy atom. The van der Waals surface area contributed by atoms with Gasteiger partial charge in [0.05, 0.1) is 5.69 Å². The normalized spacial score (nSPS) is 12.3. The van der Waals surface area contributed by atoms with Crippen molar-refractivity contribution in [2.75, 3.05) is 11.4 Å². The summed E-state index contributed by atoms with van der Waals surface area (Å²) in [6.07, 6.45) is 0.960. The van der Waals surface area contributed by atoms with Gasteiger partial charge in [-0.3, -0.25) is 4.79 Å². The first-order valence-electron chi connectivity index (χ1n) is 6.08. The van der Waals surface area contributed by atoms with Crippen molar-refractivity contribution in [3.05, 3.63) is 29.6 Å². The zero-order valence-electron chi connectivity index (χ0n) is 11.0.